The first-order valence-corrected chi connectivity index (χ1v) is 9.16. The fourth-order valence-corrected chi connectivity index (χ4v) is 3.19. The van der Waals surface area contributed by atoms with Crippen molar-refractivity contribution in [1.29, 1.82) is 0 Å². The Morgan fingerprint density at radius 1 is 1.23 bits per heavy atom. The van der Waals surface area contributed by atoms with Crippen molar-refractivity contribution in [3.8, 4) is 5.75 Å². The number of halogens is 1. The molecular weight excluding hydrogens is 352 g/mol. The second-order valence-corrected chi connectivity index (χ2v) is 6.68. The monoisotopic (exact) mass is 374 g/mol. The van der Waals surface area contributed by atoms with E-state index in [4.69, 9.17) is 16.3 Å². The van der Waals surface area contributed by atoms with Crippen molar-refractivity contribution in [2.24, 2.45) is 11.1 Å². The van der Waals surface area contributed by atoms with Crippen LogP contribution in [0.4, 0.5) is 5.82 Å². The van der Waals surface area contributed by atoms with Crippen LogP contribution in [0.2, 0.25) is 5.15 Å². The molecule has 1 saturated heterocycles. The summed E-state index contributed by atoms with van der Waals surface area (Å²) in [4.78, 5) is 6.95. The van der Waals surface area contributed by atoms with E-state index in [1.807, 2.05) is 30.3 Å². The Hall–Kier alpha value is -2.34. The Morgan fingerprint density at radius 3 is 2.81 bits per heavy atom. The molecule has 26 heavy (non-hydrogen) atoms. The molecular formula is C19H23ClN4O2. The number of nitrogens with zero attached hydrogens (tertiary/aromatic N) is 4. The van der Waals surface area contributed by atoms with E-state index in [0.29, 0.717) is 17.7 Å². The zero-order chi connectivity index (χ0) is 18.2. The van der Waals surface area contributed by atoms with Gasteiger partial charge in [-0.15, -0.1) is 10.2 Å². The van der Waals surface area contributed by atoms with Crippen molar-refractivity contribution < 1.29 is 9.57 Å². The highest BCUT2D eigenvalue weighted by Crippen LogP contribution is 2.24. The molecule has 1 aliphatic heterocycles. The lowest BCUT2D eigenvalue weighted by Gasteiger charge is -2.33. The third kappa shape index (κ3) is 5.33. The highest BCUT2D eigenvalue weighted by molar-refractivity contribution is 6.29. The molecule has 2 aromatic rings. The van der Waals surface area contributed by atoms with Gasteiger partial charge < -0.3 is 14.5 Å². The predicted molar refractivity (Wildman–Crippen MR) is 103 cm³/mol. The number of benzene rings is 1. The number of piperidine rings is 1. The SMILES string of the molecule is CO/N=C/c1ccc(OCCC2CCCN(c3ccc(Cl)nn3)C2)cc1. The molecule has 3 rings (SSSR count). The second kappa shape index (κ2) is 9.38. The maximum absolute atomic E-state index is 5.89. The van der Waals surface area contributed by atoms with Gasteiger partial charge in [-0.05, 0) is 67.1 Å². The van der Waals surface area contributed by atoms with Gasteiger partial charge in [-0.1, -0.05) is 16.8 Å². The van der Waals surface area contributed by atoms with E-state index in [9.17, 15) is 0 Å². The van der Waals surface area contributed by atoms with E-state index in [1.54, 1.807) is 12.3 Å². The summed E-state index contributed by atoms with van der Waals surface area (Å²) in [5.41, 5.74) is 0.978. The summed E-state index contributed by atoms with van der Waals surface area (Å²) in [6, 6.07) is 11.5. The largest absolute Gasteiger partial charge is 0.494 e. The zero-order valence-electron chi connectivity index (χ0n) is 14.8. The van der Waals surface area contributed by atoms with Gasteiger partial charge in [-0.3, -0.25) is 0 Å². The van der Waals surface area contributed by atoms with Gasteiger partial charge >= 0.3 is 0 Å². The Balaban J connectivity index is 1.45. The minimum absolute atomic E-state index is 0.426. The average Bonchev–Trinajstić information content (AvgIpc) is 2.68. The molecule has 2 heterocycles. The lowest BCUT2D eigenvalue weighted by atomic mass is 9.95. The van der Waals surface area contributed by atoms with Crippen molar-refractivity contribution in [3.05, 3.63) is 47.1 Å². The lowest BCUT2D eigenvalue weighted by Crippen LogP contribution is -2.36. The number of hydrogen-bond acceptors (Lipinski definition) is 6. The van der Waals surface area contributed by atoms with Gasteiger partial charge in [0.2, 0.25) is 0 Å². The molecule has 6 nitrogen and oxygen atoms in total. The van der Waals surface area contributed by atoms with Crippen LogP contribution in [0.3, 0.4) is 0 Å². The minimum Gasteiger partial charge on any atom is -0.494 e. The summed E-state index contributed by atoms with van der Waals surface area (Å²) in [7, 11) is 1.53. The van der Waals surface area contributed by atoms with Crippen molar-refractivity contribution >= 4 is 23.6 Å². The van der Waals surface area contributed by atoms with Gasteiger partial charge in [0.1, 0.15) is 12.9 Å². The molecule has 0 bridgehead atoms. The first-order chi connectivity index (χ1) is 12.7. The molecule has 0 N–H and O–H groups in total. The Morgan fingerprint density at radius 2 is 2.08 bits per heavy atom. The Labute approximate surface area is 158 Å². The molecule has 138 valence electrons. The Kier molecular flexibility index (Phi) is 6.66. The maximum atomic E-state index is 5.89. The standard InChI is InChI=1S/C19H23ClN4O2/c1-25-21-13-15-4-6-17(7-5-15)26-12-10-16-3-2-11-24(14-16)19-9-8-18(20)22-23-19/h4-9,13,16H,2-3,10-12,14H2,1H3/b21-13+. The van der Waals surface area contributed by atoms with E-state index in [2.05, 4.69) is 25.1 Å². The van der Waals surface area contributed by atoms with Crippen LogP contribution in [0.1, 0.15) is 24.8 Å². The highest BCUT2D eigenvalue weighted by atomic mass is 35.5. The smallest absolute Gasteiger partial charge is 0.151 e. The topological polar surface area (TPSA) is 59.8 Å². The molecule has 0 aliphatic carbocycles. The van der Waals surface area contributed by atoms with Crippen LogP contribution in [0.5, 0.6) is 5.75 Å². The minimum atomic E-state index is 0.426. The van der Waals surface area contributed by atoms with E-state index in [-0.39, 0.29) is 0 Å². The first kappa shape index (κ1) is 18.5. The van der Waals surface area contributed by atoms with Crippen molar-refractivity contribution in [1.82, 2.24) is 10.2 Å². The average molecular weight is 375 g/mol. The number of rotatable bonds is 7. The maximum Gasteiger partial charge on any atom is 0.151 e. The number of ether oxygens (including phenoxy) is 1. The van der Waals surface area contributed by atoms with Crippen molar-refractivity contribution in [2.45, 2.75) is 19.3 Å². The van der Waals surface area contributed by atoms with Crippen LogP contribution >= 0.6 is 11.6 Å². The fraction of sp³-hybridized carbons (Fsp3) is 0.421. The summed E-state index contributed by atoms with van der Waals surface area (Å²) < 4.78 is 5.89. The van der Waals surface area contributed by atoms with Gasteiger partial charge in [-0.25, -0.2) is 0 Å². The van der Waals surface area contributed by atoms with Crippen LogP contribution in [0.25, 0.3) is 0 Å². The van der Waals surface area contributed by atoms with Gasteiger partial charge in [0, 0.05) is 13.1 Å². The first-order valence-electron chi connectivity index (χ1n) is 8.78. The van der Waals surface area contributed by atoms with Crippen molar-refractivity contribution in [2.75, 3.05) is 31.7 Å². The normalized spacial score (nSPS) is 17.5. The summed E-state index contributed by atoms with van der Waals surface area (Å²) in [6.45, 7) is 2.70. The third-order valence-electron chi connectivity index (χ3n) is 4.44. The van der Waals surface area contributed by atoms with E-state index in [0.717, 1.165) is 43.1 Å². The molecule has 1 aliphatic rings. The fourth-order valence-electron chi connectivity index (χ4n) is 3.09. The Bertz CT molecular complexity index is 706. The molecule has 1 fully saturated rings. The summed E-state index contributed by atoms with van der Waals surface area (Å²) in [5.74, 6) is 2.36. The number of oxime groups is 1. The molecule has 0 radical (unpaired) electrons. The van der Waals surface area contributed by atoms with Crippen molar-refractivity contribution in [3.63, 3.8) is 0 Å². The van der Waals surface area contributed by atoms with Gasteiger partial charge in [-0.2, -0.15) is 0 Å². The quantitative estimate of drug-likeness (QED) is 0.545. The molecule has 1 unspecified atom stereocenters. The highest BCUT2D eigenvalue weighted by Gasteiger charge is 2.21. The van der Waals surface area contributed by atoms with E-state index >= 15 is 0 Å². The summed E-state index contributed by atoms with van der Waals surface area (Å²) in [6.07, 6.45) is 5.06. The molecule has 1 atom stereocenters. The summed E-state index contributed by atoms with van der Waals surface area (Å²) >= 11 is 5.82. The van der Waals surface area contributed by atoms with Gasteiger partial charge in [0.05, 0.1) is 12.8 Å². The van der Waals surface area contributed by atoms with Crippen LogP contribution < -0.4 is 9.64 Å². The van der Waals surface area contributed by atoms with E-state index in [1.165, 1.54) is 13.5 Å². The van der Waals surface area contributed by atoms with Crippen LogP contribution in [-0.4, -0.2) is 43.2 Å². The molecule has 0 amide bonds. The van der Waals surface area contributed by atoms with Crippen LogP contribution in [0, 0.1) is 5.92 Å². The third-order valence-corrected chi connectivity index (χ3v) is 4.64. The van der Waals surface area contributed by atoms with Crippen LogP contribution in [-0.2, 0) is 4.84 Å². The summed E-state index contributed by atoms with van der Waals surface area (Å²) in [5, 5.41) is 12.3. The number of anilines is 1. The molecule has 1 aromatic carbocycles. The molecule has 0 spiro atoms. The predicted octanol–water partition coefficient (Wildman–Crippen LogP) is 3.80. The van der Waals surface area contributed by atoms with E-state index < -0.39 is 0 Å². The molecule has 0 saturated carbocycles. The zero-order valence-corrected chi connectivity index (χ0v) is 15.6. The van der Waals surface area contributed by atoms with Crippen LogP contribution in [0.15, 0.2) is 41.6 Å². The molecule has 1 aromatic heterocycles. The van der Waals surface area contributed by atoms with Gasteiger partial charge in [0.25, 0.3) is 0 Å². The second-order valence-electron chi connectivity index (χ2n) is 6.29. The molecule has 7 heteroatoms. The lowest BCUT2D eigenvalue weighted by molar-refractivity contribution is 0.215. The number of hydrogen-bond donors (Lipinski definition) is 0. The van der Waals surface area contributed by atoms with Gasteiger partial charge in [0.15, 0.2) is 11.0 Å². The number of aromatic nitrogens is 2.